The van der Waals surface area contributed by atoms with Gasteiger partial charge in [-0.05, 0) is 46.8 Å². The molecule has 0 amide bonds. The van der Waals surface area contributed by atoms with Crippen molar-refractivity contribution in [1.82, 2.24) is 15.2 Å². The van der Waals surface area contributed by atoms with Crippen molar-refractivity contribution in [2.24, 2.45) is 0 Å². The maximum atomic E-state index is 4.46. The molecule has 0 bridgehead atoms. The number of aryl methyl sites for hydroxylation is 2. The predicted molar refractivity (Wildman–Crippen MR) is 61.5 cm³/mol. The van der Waals surface area contributed by atoms with Crippen LogP contribution in [-0.4, -0.2) is 15.2 Å². The van der Waals surface area contributed by atoms with Gasteiger partial charge in [0.15, 0.2) is 0 Å². The maximum absolute atomic E-state index is 4.46. The van der Waals surface area contributed by atoms with Crippen LogP contribution in [-0.2, 0) is 12.8 Å². The van der Waals surface area contributed by atoms with E-state index in [1.54, 1.807) is 0 Å². The topological polar surface area (TPSA) is 41.6 Å². The Kier molecular flexibility index (Phi) is 2.09. The van der Waals surface area contributed by atoms with Gasteiger partial charge in [0.25, 0.3) is 0 Å². The summed E-state index contributed by atoms with van der Waals surface area (Å²) in [6.45, 7) is 0. The SMILES string of the molecule is Brc1n[nH]c2c1-c1ncccc1CCC2. The predicted octanol–water partition coefficient (Wildman–Crippen LogP) is 2.72. The molecule has 0 aromatic carbocycles. The Morgan fingerprint density at radius 3 is 3.20 bits per heavy atom. The van der Waals surface area contributed by atoms with Crippen LogP contribution in [0.1, 0.15) is 17.7 Å². The minimum atomic E-state index is 0.874. The van der Waals surface area contributed by atoms with Gasteiger partial charge in [-0.25, -0.2) is 0 Å². The van der Waals surface area contributed by atoms with Gasteiger partial charge in [-0.1, -0.05) is 6.07 Å². The Labute approximate surface area is 96.1 Å². The molecule has 1 aliphatic carbocycles. The van der Waals surface area contributed by atoms with Crippen molar-refractivity contribution in [2.45, 2.75) is 19.3 Å². The van der Waals surface area contributed by atoms with Crippen molar-refractivity contribution in [3.05, 3.63) is 34.2 Å². The lowest BCUT2D eigenvalue weighted by atomic mass is 10.1. The number of halogens is 1. The van der Waals surface area contributed by atoms with Gasteiger partial charge in [-0.15, -0.1) is 0 Å². The van der Waals surface area contributed by atoms with Crippen LogP contribution in [0.3, 0.4) is 0 Å². The zero-order chi connectivity index (χ0) is 10.3. The van der Waals surface area contributed by atoms with Gasteiger partial charge >= 0.3 is 0 Å². The smallest absolute Gasteiger partial charge is 0.137 e. The van der Waals surface area contributed by atoms with E-state index in [2.05, 4.69) is 37.2 Å². The molecule has 2 aromatic rings. The Bertz CT molecular complexity index is 504. The second-order valence-electron chi connectivity index (χ2n) is 3.73. The summed E-state index contributed by atoms with van der Waals surface area (Å²) in [4.78, 5) is 4.46. The number of H-pyrrole nitrogens is 1. The molecule has 0 spiro atoms. The van der Waals surface area contributed by atoms with E-state index >= 15 is 0 Å². The minimum absolute atomic E-state index is 0.874. The molecule has 4 heteroatoms. The van der Waals surface area contributed by atoms with Crippen LogP contribution in [0.2, 0.25) is 0 Å². The van der Waals surface area contributed by atoms with Gasteiger partial charge in [0, 0.05) is 11.9 Å². The average molecular weight is 264 g/mol. The van der Waals surface area contributed by atoms with Crippen molar-refractivity contribution in [1.29, 1.82) is 0 Å². The highest BCUT2D eigenvalue weighted by atomic mass is 79.9. The molecule has 0 aliphatic heterocycles. The highest BCUT2D eigenvalue weighted by Crippen LogP contribution is 2.34. The summed E-state index contributed by atoms with van der Waals surface area (Å²) in [7, 11) is 0. The van der Waals surface area contributed by atoms with Crippen molar-refractivity contribution >= 4 is 15.9 Å². The molecular formula is C11H10BrN3. The fraction of sp³-hybridized carbons (Fsp3) is 0.273. The standard InChI is InChI=1S/C11H10BrN3/c12-11-9-8(14-15-11)5-1-3-7-4-2-6-13-10(7)9/h2,4,6H,1,3,5H2,(H,14,15). The van der Waals surface area contributed by atoms with Crippen LogP contribution < -0.4 is 0 Å². The first-order valence-corrected chi connectivity index (χ1v) is 5.82. The third-order valence-corrected chi connectivity index (χ3v) is 3.37. The zero-order valence-electron chi connectivity index (χ0n) is 8.13. The van der Waals surface area contributed by atoms with Crippen molar-refractivity contribution < 1.29 is 0 Å². The van der Waals surface area contributed by atoms with Gasteiger partial charge in [-0.2, -0.15) is 5.10 Å². The largest absolute Gasteiger partial charge is 0.281 e. The lowest BCUT2D eigenvalue weighted by Gasteiger charge is -2.03. The third-order valence-electron chi connectivity index (χ3n) is 2.80. The summed E-state index contributed by atoms with van der Waals surface area (Å²) in [5.74, 6) is 0. The molecule has 15 heavy (non-hydrogen) atoms. The van der Waals surface area contributed by atoms with Crippen molar-refractivity contribution in [3.8, 4) is 11.3 Å². The highest BCUT2D eigenvalue weighted by molar-refractivity contribution is 9.10. The molecule has 0 saturated carbocycles. The number of rotatable bonds is 0. The molecule has 2 heterocycles. The molecule has 3 rings (SSSR count). The Morgan fingerprint density at radius 2 is 2.27 bits per heavy atom. The first-order valence-electron chi connectivity index (χ1n) is 5.03. The molecule has 0 atom stereocenters. The van der Waals surface area contributed by atoms with Crippen LogP contribution >= 0.6 is 15.9 Å². The molecule has 3 nitrogen and oxygen atoms in total. The Balaban J connectivity index is 2.30. The zero-order valence-corrected chi connectivity index (χ0v) is 9.71. The molecule has 2 aromatic heterocycles. The number of aromatic amines is 1. The summed E-state index contributed by atoms with van der Waals surface area (Å²) in [6, 6.07) is 4.15. The molecule has 0 radical (unpaired) electrons. The van der Waals surface area contributed by atoms with Crippen LogP contribution in [0, 0.1) is 0 Å². The summed E-state index contributed by atoms with van der Waals surface area (Å²) in [5.41, 5.74) is 4.73. The van der Waals surface area contributed by atoms with Crippen molar-refractivity contribution in [2.75, 3.05) is 0 Å². The van der Waals surface area contributed by atoms with Crippen LogP contribution in [0.5, 0.6) is 0 Å². The van der Waals surface area contributed by atoms with Crippen LogP contribution in [0.25, 0.3) is 11.3 Å². The molecular weight excluding hydrogens is 254 g/mol. The van der Waals surface area contributed by atoms with Gasteiger partial charge in [0.2, 0.25) is 0 Å². The fourth-order valence-corrected chi connectivity index (χ4v) is 2.61. The van der Waals surface area contributed by atoms with E-state index in [-0.39, 0.29) is 0 Å². The van der Waals surface area contributed by atoms with Gasteiger partial charge in [0.05, 0.1) is 11.3 Å². The Morgan fingerprint density at radius 1 is 1.33 bits per heavy atom. The summed E-state index contributed by atoms with van der Waals surface area (Å²) in [6.07, 6.45) is 5.14. The lowest BCUT2D eigenvalue weighted by Crippen LogP contribution is -1.90. The van der Waals surface area contributed by atoms with Gasteiger partial charge in [0.1, 0.15) is 4.60 Å². The minimum Gasteiger partial charge on any atom is -0.281 e. The van der Waals surface area contributed by atoms with Crippen molar-refractivity contribution in [3.63, 3.8) is 0 Å². The number of nitrogens with one attached hydrogen (secondary N) is 1. The first-order chi connectivity index (χ1) is 7.36. The molecule has 0 saturated heterocycles. The second-order valence-corrected chi connectivity index (χ2v) is 4.48. The van der Waals surface area contributed by atoms with E-state index in [9.17, 15) is 0 Å². The van der Waals surface area contributed by atoms with Crippen LogP contribution in [0.15, 0.2) is 22.9 Å². The maximum Gasteiger partial charge on any atom is 0.137 e. The van der Waals surface area contributed by atoms with Crippen LogP contribution in [0.4, 0.5) is 0 Å². The van der Waals surface area contributed by atoms with E-state index in [1.165, 1.54) is 11.3 Å². The van der Waals surface area contributed by atoms with Gasteiger partial charge in [-0.3, -0.25) is 10.1 Å². The number of pyridine rings is 1. The van der Waals surface area contributed by atoms with E-state index in [1.807, 2.05) is 12.3 Å². The number of hydrogen-bond donors (Lipinski definition) is 1. The fourth-order valence-electron chi connectivity index (χ4n) is 2.10. The van der Waals surface area contributed by atoms with Gasteiger partial charge < -0.3 is 0 Å². The number of nitrogens with zero attached hydrogens (tertiary/aromatic N) is 2. The summed E-state index contributed by atoms with van der Waals surface area (Å²) < 4.78 is 0.874. The monoisotopic (exact) mass is 263 g/mol. The third kappa shape index (κ3) is 1.40. The molecule has 1 N–H and O–H groups in total. The van der Waals surface area contributed by atoms with E-state index in [0.717, 1.165) is 35.1 Å². The van der Waals surface area contributed by atoms with E-state index < -0.39 is 0 Å². The first kappa shape index (κ1) is 9.09. The average Bonchev–Trinajstić information content (AvgIpc) is 2.52. The summed E-state index contributed by atoms with van der Waals surface area (Å²) in [5, 5.41) is 7.26. The lowest BCUT2D eigenvalue weighted by molar-refractivity contribution is 0.803. The van der Waals surface area contributed by atoms with E-state index in [0.29, 0.717) is 0 Å². The highest BCUT2D eigenvalue weighted by Gasteiger charge is 2.20. The second kappa shape index (κ2) is 3.45. The number of hydrogen-bond acceptors (Lipinski definition) is 2. The Hall–Kier alpha value is -1.16. The molecule has 0 unspecified atom stereocenters. The van der Waals surface area contributed by atoms with E-state index in [4.69, 9.17) is 0 Å². The molecule has 76 valence electrons. The number of aromatic nitrogens is 3. The number of fused-ring (bicyclic) bond motifs is 3. The molecule has 1 aliphatic rings. The molecule has 0 fully saturated rings. The normalized spacial score (nSPS) is 14.2. The quantitative estimate of drug-likeness (QED) is 0.794. The summed E-state index contributed by atoms with van der Waals surface area (Å²) >= 11 is 3.47.